The van der Waals surface area contributed by atoms with Gasteiger partial charge in [-0.05, 0) is 67.4 Å². The molecule has 5 nitrogen and oxygen atoms in total. The standard InChI is InChI=1S/C32H47F2NO4S/c1-6-23(30(2,3)4)19-32(28(36)37,21-31(5)17-18-38-22-31)16-12-8-7-9-13-24-20-35-27(40-24)25-14-10-11-15-26(25)39-29(33)34/h10-11,14-15,20,23,29H,6-9,12-13,16-19,21-22H2,1-5H3,(H,36,37)/t23?,31?,32-/m0/s1. The molecule has 1 aromatic heterocycles. The number of hydrogen-bond acceptors (Lipinski definition) is 5. The Morgan fingerprint density at radius 2 is 1.93 bits per heavy atom. The molecule has 1 aromatic carbocycles. The Morgan fingerprint density at radius 3 is 2.55 bits per heavy atom. The second-order valence-corrected chi connectivity index (χ2v) is 14.1. The lowest BCUT2D eigenvalue weighted by atomic mass is 9.61. The van der Waals surface area contributed by atoms with E-state index in [1.807, 2.05) is 6.20 Å². The summed E-state index contributed by atoms with van der Waals surface area (Å²) in [5.74, 6) is -0.182. The topological polar surface area (TPSA) is 68.7 Å². The molecule has 0 radical (unpaired) electrons. The third kappa shape index (κ3) is 8.97. The Balaban J connectivity index is 1.58. The fourth-order valence-corrected chi connectivity index (χ4v) is 7.22. The van der Waals surface area contributed by atoms with Gasteiger partial charge >= 0.3 is 12.6 Å². The molecule has 2 aromatic rings. The van der Waals surface area contributed by atoms with Crippen LogP contribution < -0.4 is 4.74 Å². The summed E-state index contributed by atoms with van der Waals surface area (Å²) in [5, 5.41) is 11.3. The van der Waals surface area contributed by atoms with Crippen molar-refractivity contribution in [3.05, 3.63) is 35.3 Å². The molecule has 0 saturated carbocycles. The van der Waals surface area contributed by atoms with Crippen molar-refractivity contribution in [2.75, 3.05) is 13.2 Å². The quantitative estimate of drug-likeness (QED) is 0.201. The molecule has 0 amide bonds. The van der Waals surface area contributed by atoms with Crippen LogP contribution in [0.1, 0.15) is 97.3 Å². The first-order chi connectivity index (χ1) is 18.9. The minimum atomic E-state index is -2.88. The monoisotopic (exact) mass is 579 g/mol. The van der Waals surface area contributed by atoms with Crippen molar-refractivity contribution in [2.24, 2.45) is 22.2 Å². The number of unbranched alkanes of at least 4 members (excludes halogenated alkanes) is 3. The zero-order valence-corrected chi connectivity index (χ0v) is 25.6. The van der Waals surface area contributed by atoms with Gasteiger partial charge in [0.05, 0.1) is 17.6 Å². The number of carbonyl (C=O) groups is 1. The Hall–Kier alpha value is -2.06. The van der Waals surface area contributed by atoms with E-state index >= 15 is 0 Å². The third-order valence-electron chi connectivity index (χ3n) is 8.59. The Labute approximate surface area is 242 Å². The number of halogens is 2. The van der Waals surface area contributed by atoms with Crippen molar-refractivity contribution in [1.29, 1.82) is 0 Å². The molecule has 3 rings (SSSR count). The van der Waals surface area contributed by atoms with Crippen LogP contribution >= 0.6 is 11.3 Å². The lowest BCUT2D eigenvalue weighted by Gasteiger charge is -2.42. The molecule has 2 unspecified atom stereocenters. The van der Waals surface area contributed by atoms with Gasteiger partial charge in [-0.3, -0.25) is 4.79 Å². The number of aromatic nitrogens is 1. The number of aliphatic carboxylic acids is 1. The average Bonchev–Trinajstić information content (AvgIpc) is 3.52. The predicted molar refractivity (Wildman–Crippen MR) is 157 cm³/mol. The number of alkyl halides is 2. The highest BCUT2D eigenvalue weighted by atomic mass is 32.1. The smallest absolute Gasteiger partial charge is 0.387 e. The molecular formula is C32H47F2NO4S. The van der Waals surface area contributed by atoms with Gasteiger partial charge in [-0.15, -0.1) is 11.3 Å². The fraction of sp³-hybridized carbons (Fsp3) is 0.688. The Morgan fingerprint density at radius 1 is 1.20 bits per heavy atom. The van der Waals surface area contributed by atoms with Crippen LogP contribution in [-0.4, -0.2) is 35.9 Å². The first-order valence-electron chi connectivity index (χ1n) is 14.7. The maximum Gasteiger partial charge on any atom is 0.387 e. The summed E-state index contributed by atoms with van der Waals surface area (Å²) in [6.45, 7) is 9.53. The predicted octanol–water partition coefficient (Wildman–Crippen LogP) is 9.25. The van der Waals surface area contributed by atoms with Crippen molar-refractivity contribution < 1.29 is 28.2 Å². The van der Waals surface area contributed by atoms with Gasteiger partial charge in [0, 0.05) is 17.7 Å². The molecule has 2 heterocycles. The first kappa shape index (κ1) is 32.5. The Bertz CT molecular complexity index is 1080. The third-order valence-corrected chi connectivity index (χ3v) is 9.68. The number of hydrogen-bond donors (Lipinski definition) is 1. The summed E-state index contributed by atoms with van der Waals surface area (Å²) >= 11 is 1.50. The van der Waals surface area contributed by atoms with Gasteiger partial charge in [-0.25, -0.2) is 4.98 Å². The summed E-state index contributed by atoms with van der Waals surface area (Å²) in [4.78, 5) is 18.5. The number of nitrogens with zero attached hydrogens (tertiary/aromatic N) is 1. The number of para-hydroxylation sites is 1. The fourth-order valence-electron chi connectivity index (χ4n) is 6.24. The second kappa shape index (κ2) is 14.2. The largest absolute Gasteiger partial charge is 0.481 e. The highest BCUT2D eigenvalue weighted by Crippen LogP contribution is 2.49. The highest BCUT2D eigenvalue weighted by Gasteiger charge is 2.47. The summed E-state index contributed by atoms with van der Waals surface area (Å²) in [5.41, 5.74) is -0.192. The lowest BCUT2D eigenvalue weighted by molar-refractivity contribution is -0.154. The zero-order chi connectivity index (χ0) is 29.4. The van der Waals surface area contributed by atoms with Crippen LogP contribution in [0.2, 0.25) is 0 Å². The van der Waals surface area contributed by atoms with E-state index in [-0.39, 0.29) is 16.6 Å². The number of carboxylic acids is 1. The van der Waals surface area contributed by atoms with Crippen LogP contribution in [0.5, 0.6) is 5.75 Å². The zero-order valence-electron chi connectivity index (χ0n) is 24.8. The molecule has 0 spiro atoms. The maximum absolute atomic E-state index is 12.9. The number of thiazole rings is 1. The minimum absolute atomic E-state index is 0.0578. The van der Waals surface area contributed by atoms with E-state index in [0.29, 0.717) is 49.0 Å². The molecule has 40 heavy (non-hydrogen) atoms. The molecular weight excluding hydrogens is 532 g/mol. The average molecular weight is 580 g/mol. The van der Waals surface area contributed by atoms with Crippen molar-refractivity contribution in [3.8, 4) is 16.3 Å². The van der Waals surface area contributed by atoms with Crippen LogP contribution in [0.15, 0.2) is 30.5 Å². The van der Waals surface area contributed by atoms with Crippen LogP contribution in [0, 0.1) is 22.2 Å². The SMILES string of the molecule is CCC(C[C@@](CCCCCCc1cnc(-c2ccccc2OC(F)F)s1)(CC1(C)CCOC1)C(=O)O)C(C)(C)C. The van der Waals surface area contributed by atoms with Gasteiger partial charge in [-0.2, -0.15) is 8.78 Å². The number of ether oxygens (including phenoxy) is 2. The van der Waals surface area contributed by atoms with E-state index in [0.717, 1.165) is 49.8 Å². The van der Waals surface area contributed by atoms with E-state index in [1.54, 1.807) is 18.2 Å². The Kier molecular flexibility index (Phi) is 11.5. The normalized spacial score (nSPS) is 20.0. The van der Waals surface area contributed by atoms with Crippen molar-refractivity contribution in [2.45, 2.75) is 105 Å². The summed E-state index contributed by atoms with van der Waals surface area (Å²) < 4.78 is 35.9. The van der Waals surface area contributed by atoms with E-state index < -0.39 is 18.0 Å². The van der Waals surface area contributed by atoms with Gasteiger partial charge in [-0.1, -0.05) is 72.4 Å². The van der Waals surface area contributed by atoms with Gasteiger partial charge in [0.1, 0.15) is 10.8 Å². The minimum Gasteiger partial charge on any atom is -0.481 e. The van der Waals surface area contributed by atoms with E-state index in [1.165, 1.54) is 17.4 Å². The molecule has 0 aliphatic carbocycles. The summed E-state index contributed by atoms with van der Waals surface area (Å²) in [7, 11) is 0. The molecule has 1 fully saturated rings. The van der Waals surface area contributed by atoms with Gasteiger partial charge in [0.25, 0.3) is 0 Å². The van der Waals surface area contributed by atoms with Crippen molar-refractivity contribution in [1.82, 2.24) is 4.98 Å². The lowest BCUT2D eigenvalue weighted by Crippen LogP contribution is -2.41. The molecule has 1 aliphatic heterocycles. The van der Waals surface area contributed by atoms with Gasteiger partial charge in [0.2, 0.25) is 0 Å². The van der Waals surface area contributed by atoms with Crippen molar-refractivity contribution in [3.63, 3.8) is 0 Å². The molecule has 0 bridgehead atoms. The molecule has 1 aliphatic rings. The van der Waals surface area contributed by atoms with Crippen LogP contribution in [0.3, 0.4) is 0 Å². The van der Waals surface area contributed by atoms with Crippen LogP contribution in [0.4, 0.5) is 8.78 Å². The highest BCUT2D eigenvalue weighted by molar-refractivity contribution is 7.15. The van der Waals surface area contributed by atoms with E-state index in [9.17, 15) is 18.7 Å². The number of aryl methyl sites for hydroxylation is 1. The number of rotatable bonds is 16. The maximum atomic E-state index is 12.9. The van der Waals surface area contributed by atoms with Crippen LogP contribution in [-0.2, 0) is 16.0 Å². The van der Waals surface area contributed by atoms with Gasteiger partial charge < -0.3 is 14.6 Å². The van der Waals surface area contributed by atoms with Crippen LogP contribution in [0.25, 0.3) is 10.6 Å². The second-order valence-electron chi connectivity index (χ2n) is 13.0. The molecule has 1 N–H and O–H groups in total. The molecule has 3 atom stereocenters. The first-order valence-corrected chi connectivity index (χ1v) is 15.5. The van der Waals surface area contributed by atoms with Gasteiger partial charge in [0.15, 0.2) is 0 Å². The van der Waals surface area contributed by atoms with E-state index in [2.05, 4.69) is 44.3 Å². The summed E-state index contributed by atoms with van der Waals surface area (Å²) in [6, 6.07) is 6.73. The number of benzene rings is 1. The van der Waals surface area contributed by atoms with Crippen molar-refractivity contribution >= 4 is 17.3 Å². The summed E-state index contributed by atoms with van der Waals surface area (Å²) in [6.07, 6.45) is 10.5. The molecule has 8 heteroatoms. The number of carboxylic acid groups (broad SMARTS) is 1. The molecule has 224 valence electrons. The molecule has 1 saturated heterocycles. The van der Waals surface area contributed by atoms with E-state index in [4.69, 9.17) is 4.74 Å².